The number of hydrogen-bond acceptors (Lipinski definition) is 4. The van der Waals surface area contributed by atoms with Gasteiger partial charge in [-0.1, -0.05) is 18.2 Å². The summed E-state index contributed by atoms with van der Waals surface area (Å²) >= 11 is 0. The van der Waals surface area contributed by atoms with Gasteiger partial charge in [-0.2, -0.15) is 0 Å². The van der Waals surface area contributed by atoms with Gasteiger partial charge >= 0.3 is 0 Å². The van der Waals surface area contributed by atoms with Gasteiger partial charge in [0.15, 0.2) is 5.82 Å². The van der Waals surface area contributed by atoms with Crippen molar-refractivity contribution in [3.8, 4) is 0 Å². The van der Waals surface area contributed by atoms with Gasteiger partial charge in [-0.05, 0) is 49.2 Å². The molecule has 0 aliphatic rings. The summed E-state index contributed by atoms with van der Waals surface area (Å²) in [5.41, 5.74) is 4.30. The highest BCUT2D eigenvalue weighted by Gasteiger charge is 2.14. The molecule has 0 unspecified atom stereocenters. The number of aromatic nitrogens is 4. The van der Waals surface area contributed by atoms with Crippen molar-refractivity contribution >= 4 is 22.4 Å². The van der Waals surface area contributed by atoms with E-state index in [4.69, 9.17) is 0 Å². The SMILES string of the molecule is Cc1ccc(NCc2nnc3n(C)c(=O)c4ccccc4n23)cc1C. The summed E-state index contributed by atoms with van der Waals surface area (Å²) in [5.74, 6) is 1.31. The summed E-state index contributed by atoms with van der Waals surface area (Å²) in [6.07, 6.45) is 0. The number of aryl methyl sites for hydroxylation is 3. The molecule has 6 heteroatoms. The van der Waals surface area contributed by atoms with Crippen LogP contribution in [0.5, 0.6) is 0 Å². The molecule has 0 radical (unpaired) electrons. The van der Waals surface area contributed by atoms with E-state index in [-0.39, 0.29) is 5.56 Å². The van der Waals surface area contributed by atoms with Crippen LogP contribution in [0.2, 0.25) is 0 Å². The van der Waals surface area contributed by atoms with Crippen LogP contribution in [0.15, 0.2) is 47.3 Å². The first-order chi connectivity index (χ1) is 12.1. The fraction of sp³-hybridized carbons (Fsp3) is 0.211. The van der Waals surface area contributed by atoms with Crippen molar-refractivity contribution in [3.05, 3.63) is 69.8 Å². The highest BCUT2D eigenvalue weighted by molar-refractivity contribution is 5.80. The van der Waals surface area contributed by atoms with Crippen LogP contribution >= 0.6 is 0 Å². The van der Waals surface area contributed by atoms with Crippen LogP contribution in [-0.4, -0.2) is 19.2 Å². The van der Waals surface area contributed by atoms with Crippen LogP contribution in [0.3, 0.4) is 0 Å². The Morgan fingerprint density at radius 3 is 2.64 bits per heavy atom. The van der Waals surface area contributed by atoms with Crippen LogP contribution in [0, 0.1) is 13.8 Å². The van der Waals surface area contributed by atoms with E-state index in [0.29, 0.717) is 17.7 Å². The van der Waals surface area contributed by atoms with E-state index in [1.165, 1.54) is 15.7 Å². The number of nitrogens with one attached hydrogen (secondary N) is 1. The second-order valence-electron chi connectivity index (χ2n) is 6.29. The molecular weight excluding hydrogens is 314 g/mol. The fourth-order valence-electron chi connectivity index (χ4n) is 3.04. The molecule has 25 heavy (non-hydrogen) atoms. The van der Waals surface area contributed by atoms with Gasteiger partial charge in [0.05, 0.1) is 17.4 Å². The second kappa shape index (κ2) is 5.73. The minimum atomic E-state index is -0.0656. The van der Waals surface area contributed by atoms with Crippen molar-refractivity contribution in [3.63, 3.8) is 0 Å². The summed E-state index contributed by atoms with van der Waals surface area (Å²) in [6.45, 7) is 4.71. The zero-order valence-corrected chi connectivity index (χ0v) is 14.4. The number of hydrogen-bond donors (Lipinski definition) is 1. The zero-order valence-electron chi connectivity index (χ0n) is 14.4. The largest absolute Gasteiger partial charge is 0.378 e. The van der Waals surface area contributed by atoms with E-state index < -0.39 is 0 Å². The average molecular weight is 333 g/mol. The molecule has 2 heterocycles. The highest BCUT2D eigenvalue weighted by atomic mass is 16.1. The first kappa shape index (κ1) is 15.4. The number of para-hydroxylation sites is 1. The van der Waals surface area contributed by atoms with Crippen molar-refractivity contribution < 1.29 is 0 Å². The van der Waals surface area contributed by atoms with Crippen LogP contribution in [-0.2, 0) is 13.6 Å². The van der Waals surface area contributed by atoms with Crippen molar-refractivity contribution in [1.29, 1.82) is 0 Å². The molecular formula is C19H19N5O. The predicted octanol–water partition coefficient (Wildman–Crippen LogP) is 2.81. The third-order valence-electron chi connectivity index (χ3n) is 4.65. The molecule has 0 saturated carbocycles. The molecule has 6 nitrogen and oxygen atoms in total. The molecule has 0 spiro atoms. The van der Waals surface area contributed by atoms with E-state index in [1.54, 1.807) is 7.05 Å². The molecule has 0 fully saturated rings. The van der Waals surface area contributed by atoms with E-state index in [0.717, 1.165) is 17.0 Å². The first-order valence-electron chi connectivity index (χ1n) is 8.19. The van der Waals surface area contributed by atoms with Gasteiger partial charge in [-0.25, -0.2) is 0 Å². The Hall–Kier alpha value is -3.15. The van der Waals surface area contributed by atoms with Gasteiger partial charge in [0.25, 0.3) is 5.56 Å². The Morgan fingerprint density at radius 1 is 1.04 bits per heavy atom. The first-order valence-corrected chi connectivity index (χ1v) is 8.19. The van der Waals surface area contributed by atoms with Gasteiger partial charge in [0.2, 0.25) is 5.78 Å². The standard InChI is InChI=1S/C19H19N5O/c1-12-8-9-14(10-13(12)2)20-11-17-21-22-19-23(3)18(25)15-6-4-5-7-16(15)24(17)19/h4-10,20H,11H2,1-3H3. The zero-order chi connectivity index (χ0) is 17.6. The van der Waals surface area contributed by atoms with Gasteiger partial charge in [-0.3, -0.25) is 13.8 Å². The molecule has 1 N–H and O–H groups in total. The van der Waals surface area contributed by atoms with Crippen LogP contribution in [0.1, 0.15) is 17.0 Å². The molecule has 0 atom stereocenters. The fourth-order valence-corrected chi connectivity index (χ4v) is 3.04. The lowest BCUT2D eigenvalue weighted by molar-refractivity contribution is 0.855. The number of benzene rings is 2. The van der Waals surface area contributed by atoms with Gasteiger partial charge in [0, 0.05) is 12.7 Å². The minimum Gasteiger partial charge on any atom is -0.378 e. The number of anilines is 1. The molecule has 4 rings (SSSR count). The van der Waals surface area contributed by atoms with E-state index in [1.807, 2.05) is 28.7 Å². The van der Waals surface area contributed by atoms with E-state index in [2.05, 4.69) is 47.6 Å². The molecule has 0 amide bonds. The Bertz CT molecular complexity index is 1160. The lowest BCUT2D eigenvalue weighted by Gasteiger charge is -2.10. The lowest BCUT2D eigenvalue weighted by Crippen LogP contribution is -2.20. The summed E-state index contributed by atoms with van der Waals surface area (Å²) in [7, 11) is 1.72. The summed E-state index contributed by atoms with van der Waals surface area (Å²) in [6, 6.07) is 13.8. The number of rotatable bonds is 3. The Labute approximate surface area is 144 Å². The van der Waals surface area contributed by atoms with E-state index in [9.17, 15) is 4.79 Å². The summed E-state index contributed by atoms with van der Waals surface area (Å²) < 4.78 is 3.47. The minimum absolute atomic E-state index is 0.0656. The van der Waals surface area contributed by atoms with Gasteiger partial charge in [0.1, 0.15) is 0 Å². The normalized spacial score (nSPS) is 11.3. The monoisotopic (exact) mass is 333 g/mol. The molecule has 4 aromatic rings. The second-order valence-corrected chi connectivity index (χ2v) is 6.29. The maximum Gasteiger partial charge on any atom is 0.262 e. The third kappa shape index (κ3) is 2.46. The van der Waals surface area contributed by atoms with Gasteiger partial charge < -0.3 is 5.32 Å². The molecule has 2 aromatic carbocycles. The maximum atomic E-state index is 12.5. The lowest BCUT2D eigenvalue weighted by atomic mass is 10.1. The molecule has 126 valence electrons. The molecule has 0 aliphatic heterocycles. The summed E-state index contributed by atoms with van der Waals surface area (Å²) in [4.78, 5) is 12.5. The van der Waals surface area contributed by atoms with Crippen LogP contribution < -0.4 is 10.9 Å². The third-order valence-corrected chi connectivity index (χ3v) is 4.65. The molecule has 0 aliphatic carbocycles. The summed E-state index contributed by atoms with van der Waals surface area (Å²) in [5, 5.41) is 12.6. The smallest absolute Gasteiger partial charge is 0.262 e. The topological polar surface area (TPSA) is 64.2 Å². The van der Waals surface area contributed by atoms with Crippen molar-refractivity contribution in [2.24, 2.45) is 7.05 Å². The Morgan fingerprint density at radius 2 is 1.84 bits per heavy atom. The molecule has 0 bridgehead atoms. The average Bonchev–Trinajstić information content (AvgIpc) is 3.05. The van der Waals surface area contributed by atoms with Crippen molar-refractivity contribution in [2.45, 2.75) is 20.4 Å². The number of fused-ring (bicyclic) bond motifs is 3. The Balaban J connectivity index is 1.80. The van der Waals surface area contributed by atoms with Crippen molar-refractivity contribution in [2.75, 3.05) is 5.32 Å². The van der Waals surface area contributed by atoms with Crippen molar-refractivity contribution in [1.82, 2.24) is 19.2 Å². The number of nitrogens with zero attached hydrogens (tertiary/aromatic N) is 4. The Kier molecular flexibility index (Phi) is 3.53. The van der Waals surface area contributed by atoms with Crippen LogP contribution in [0.4, 0.5) is 5.69 Å². The quantitative estimate of drug-likeness (QED) is 0.626. The molecule has 2 aromatic heterocycles. The van der Waals surface area contributed by atoms with Gasteiger partial charge in [-0.15, -0.1) is 10.2 Å². The highest BCUT2D eigenvalue weighted by Crippen LogP contribution is 2.17. The predicted molar refractivity (Wildman–Crippen MR) is 99.0 cm³/mol. The molecule has 0 saturated heterocycles. The van der Waals surface area contributed by atoms with Crippen LogP contribution in [0.25, 0.3) is 16.7 Å². The maximum absolute atomic E-state index is 12.5. The van der Waals surface area contributed by atoms with E-state index >= 15 is 0 Å².